The Bertz CT molecular complexity index is 526. The summed E-state index contributed by atoms with van der Waals surface area (Å²) in [5.41, 5.74) is 1.09. The molecule has 0 bridgehead atoms. The molecule has 0 radical (unpaired) electrons. The van der Waals surface area contributed by atoms with Gasteiger partial charge in [-0.2, -0.15) is 0 Å². The Balaban J connectivity index is 1.63. The Labute approximate surface area is 135 Å². The van der Waals surface area contributed by atoms with Gasteiger partial charge in [0.2, 0.25) is 0 Å². The van der Waals surface area contributed by atoms with Crippen molar-refractivity contribution in [1.29, 1.82) is 0 Å². The zero-order chi connectivity index (χ0) is 16.7. The minimum absolute atomic E-state index is 0.104. The number of rotatable bonds is 8. The number of carboxylic acid groups (broad SMARTS) is 1. The van der Waals surface area contributed by atoms with Crippen molar-refractivity contribution in [3.63, 3.8) is 0 Å². The lowest BCUT2D eigenvalue weighted by Crippen LogP contribution is -2.57. The average molecular weight is 322 g/mol. The molecule has 126 valence electrons. The van der Waals surface area contributed by atoms with E-state index in [1.165, 1.54) is 12.1 Å². The molecular weight excluding hydrogens is 300 g/mol. The third kappa shape index (κ3) is 5.22. The highest BCUT2D eigenvalue weighted by molar-refractivity contribution is 5.87. The molecule has 1 aromatic rings. The first-order chi connectivity index (χ1) is 11.1. The van der Waals surface area contributed by atoms with Crippen LogP contribution in [0.25, 0.3) is 0 Å². The molecule has 7 heteroatoms. The SMILES string of the molecule is COCCCOC1CN(C(=O)NCc2ccc(C(=O)O)cc2)C1. The Morgan fingerprint density at radius 1 is 1.26 bits per heavy atom. The van der Waals surface area contributed by atoms with Gasteiger partial charge in [0.15, 0.2) is 0 Å². The van der Waals surface area contributed by atoms with E-state index < -0.39 is 5.97 Å². The molecule has 1 fully saturated rings. The summed E-state index contributed by atoms with van der Waals surface area (Å²) in [6.07, 6.45) is 0.957. The van der Waals surface area contributed by atoms with Crippen molar-refractivity contribution in [2.75, 3.05) is 33.4 Å². The van der Waals surface area contributed by atoms with Gasteiger partial charge in [-0.3, -0.25) is 0 Å². The number of carbonyl (C=O) groups excluding carboxylic acids is 1. The van der Waals surface area contributed by atoms with Crippen molar-refractivity contribution in [3.8, 4) is 0 Å². The van der Waals surface area contributed by atoms with Crippen LogP contribution in [0.5, 0.6) is 0 Å². The van der Waals surface area contributed by atoms with Crippen molar-refractivity contribution in [3.05, 3.63) is 35.4 Å². The number of benzene rings is 1. The minimum atomic E-state index is -0.960. The number of ether oxygens (including phenoxy) is 2. The van der Waals surface area contributed by atoms with Crippen molar-refractivity contribution >= 4 is 12.0 Å². The van der Waals surface area contributed by atoms with Gasteiger partial charge in [-0.1, -0.05) is 12.1 Å². The predicted molar refractivity (Wildman–Crippen MR) is 83.4 cm³/mol. The third-order valence-electron chi connectivity index (χ3n) is 3.63. The molecule has 1 aliphatic rings. The second-order valence-electron chi connectivity index (χ2n) is 5.40. The highest BCUT2D eigenvalue weighted by Gasteiger charge is 2.30. The van der Waals surface area contributed by atoms with Crippen molar-refractivity contribution in [2.45, 2.75) is 19.1 Å². The Hall–Kier alpha value is -2.12. The minimum Gasteiger partial charge on any atom is -0.478 e. The fourth-order valence-corrected chi connectivity index (χ4v) is 2.22. The highest BCUT2D eigenvalue weighted by atomic mass is 16.5. The van der Waals surface area contributed by atoms with Crippen LogP contribution in [0.4, 0.5) is 4.79 Å². The monoisotopic (exact) mass is 322 g/mol. The van der Waals surface area contributed by atoms with Gasteiger partial charge in [0.1, 0.15) is 0 Å². The van der Waals surface area contributed by atoms with E-state index in [-0.39, 0.29) is 17.7 Å². The zero-order valence-corrected chi connectivity index (χ0v) is 13.2. The molecule has 0 aliphatic carbocycles. The van der Waals surface area contributed by atoms with E-state index in [1.807, 2.05) is 0 Å². The van der Waals surface area contributed by atoms with Crippen molar-refractivity contribution in [1.82, 2.24) is 10.2 Å². The number of nitrogens with one attached hydrogen (secondary N) is 1. The second kappa shape index (κ2) is 8.50. The molecule has 0 atom stereocenters. The molecule has 0 saturated carbocycles. The smallest absolute Gasteiger partial charge is 0.335 e. The van der Waals surface area contributed by atoms with Gasteiger partial charge in [-0.25, -0.2) is 9.59 Å². The Morgan fingerprint density at radius 2 is 1.96 bits per heavy atom. The average Bonchev–Trinajstić information content (AvgIpc) is 2.51. The van der Waals surface area contributed by atoms with Crippen LogP contribution in [0.15, 0.2) is 24.3 Å². The zero-order valence-electron chi connectivity index (χ0n) is 13.2. The molecule has 2 rings (SSSR count). The number of nitrogens with zero attached hydrogens (tertiary/aromatic N) is 1. The molecule has 1 aliphatic heterocycles. The molecule has 7 nitrogen and oxygen atoms in total. The standard InChI is InChI=1S/C16H22N2O5/c1-22-7-2-8-23-14-10-18(11-14)16(21)17-9-12-3-5-13(6-4-12)15(19)20/h3-6,14H,2,7-11H2,1H3,(H,17,21)(H,19,20). The maximum atomic E-state index is 11.9. The number of amides is 2. The molecule has 2 N–H and O–H groups in total. The second-order valence-corrected chi connectivity index (χ2v) is 5.40. The van der Waals surface area contributed by atoms with Crippen LogP contribution in [-0.2, 0) is 16.0 Å². The van der Waals surface area contributed by atoms with Crippen molar-refractivity contribution < 1.29 is 24.2 Å². The maximum absolute atomic E-state index is 11.9. The summed E-state index contributed by atoms with van der Waals surface area (Å²) in [4.78, 5) is 24.4. The maximum Gasteiger partial charge on any atom is 0.335 e. The molecule has 1 saturated heterocycles. The highest BCUT2D eigenvalue weighted by Crippen LogP contribution is 2.12. The van der Waals surface area contributed by atoms with E-state index in [4.69, 9.17) is 14.6 Å². The van der Waals surface area contributed by atoms with E-state index in [1.54, 1.807) is 24.1 Å². The molecule has 2 amide bonds. The topological polar surface area (TPSA) is 88.1 Å². The lowest BCUT2D eigenvalue weighted by atomic mass is 10.1. The van der Waals surface area contributed by atoms with Crippen LogP contribution >= 0.6 is 0 Å². The Morgan fingerprint density at radius 3 is 2.57 bits per heavy atom. The molecular formula is C16H22N2O5. The van der Waals surface area contributed by atoms with Gasteiger partial charge >= 0.3 is 12.0 Å². The van der Waals surface area contributed by atoms with Gasteiger partial charge in [0, 0.05) is 26.9 Å². The summed E-state index contributed by atoms with van der Waals surface area (Å²) < 4.78 is 10.5. The van der Waals surface area contributed by atoms with Crippen molar-refractivity contribution in [2.24, 2.45) is 0 Å². The predicted octanol–water partition coefficient (Wildman–Crippen LogP) is 1.33. The van der Waals surface area contributed by atoms with Gasteiger partial charge in [0.05, 0.1) is 24.8 Å². The van der Waals surface area contributed by atoms with Crippen LogP contribution in [0.1, 0.15) is 22.3 Å². The van der Waals surface area contributed by atoms with Crippen LogP contribution < -0.4 is 5.32 Å². The van der Waals surface area contributed by atoms with Gasteiger partial charge in [-0.15, -0.1) is 0 Å². The molecule has 0 spiro atoms. The molecule has 1 heterocycles. The third-order valence-corrected chi connectivity index (χ3v) is 3.63. The molecule has 23 heavy (non-hydrogen) atoms. The normalized spacial score (nSPS) is 14.4. The number of urea groups is 1. The lowest BCUT2D eigenvalue weighted by Gasteiger charge is -2.38. The Kier molecular flexibility index (Phi) is 6.37. The number of hydrogen-bond donors (Lipinski definition) is 2. The van der Waals surface area contributed by atoms with E-state index >= 15 is 0 Å². The molecule has 1 aromatic carbocycles. The fraction of sp³-hybridized carbons (Fsp3) is 0.500. The first-order valence-electron chi connectivity index (χ1n) is 7.55. The number of carboxylic acids is 1. The number of carbonyl (C=O) groups is 2. The first kappa shape index (κ1) is 17.2. The van der Waals surface area contributed by atoms with Gasteiger partial charge < -0.3 is 24.8 Å². The summed E-state index contributed by atoms with van der Waals surface area (Å²) in [7, 11) is 1.66. The van der Waals surface area contributed by atoms with Crippen LogP contribution in [0.2, 0.25) is 0 Å². The number of likely N-dealkylation sites (tertiary alicyclic amines) is 1. The van der Waals surface area contributed by atoms with Crippen LogP contribution in [0.3, 0.4) is 0 Å². The number of hydrogen-bond acceptors (Lipinski definition) is 4. The van der Waals surface area contributed by atoms with Gasteiger partial charge in [0.25, 0.3) is 0 Å². The first-order valence-corrected chi connectivity index (χ1v) is 7.55. The number of methoxy groups -OCH3 is 1. The fourth-order valence-electron chi connectivity index (χ4n) is 2.22. The summed E-state index contributed by atoms with van der Waals surface area (Å²) in [5.74, 6) is -0.960. The molecule has 0 aromatic heterocycles. The summed E-state index contributed by atoms with van der Waals surface area (Å²) in [6.45, 7) is 2.88. The van der Waals surface area contributed by atoms with Crippen LogP contribution in [0, 0.1) is 0 Å². The van der Waals surface area contributed by atoms with Crippen LogP contribution in [-0.4, -0.2) is 61.5 Å². The molecule has 0 unspecified atom stereocenters. The van der Waals surface area contributed by atoms with E-state index in [0.29, 0.717) is 32.8 Å². The van der Waals surface area contributed by atoms with E-state index in [0.717, 1.165) is 12.0 Å². The summed E-state index contributed by atoms with van der Waals surface area (Å²) in [5, 5.41) is 11.6. The largest absolute Gasteiger partial charge is 0.478 e. The summed E-state index contributed by atoms with van der Waals surface area (Å²) in [6, 6.07) is 6.31. The van der Waals surface area contributed by atoms with E-state index in [9.17, 15) is 9.59 Å². The quantitative estimate of drug-likeness (QED) is 0.705. The van der Waals surface area contributed by atoms with E-state index in [2.05, 4.69) is 5.32 Å². The number of aromatic carboxylic acids is 1. The lowest BCUT2D eigenvalue weighted by molar-refractivity contribution is -0.0401. The van der Waals surface area contributed by atoms with Gasteiger partial charge in [-0.05, 0) is 24.1 Å². The summed E-state index contributed by atoms with van der Waals surface area (Å²) >= 11 is 0.